The van der Waals surface area contributed by atoms with E-state index in [9.17, 15) is 10.1 Å². The molecule has 1 aliphatic rings. The molecule has 0 aliphatic heterocycles. The molecule has 0 aromatic heterocycles. The highest BCUT2D eigenvalue weighted by Crippen LogP contribution is 2.33. The first-order chi connectivity index (χ1) is 9.11. The molecule has 5 nitrogen and oxygen atoms in total. The number of rotatable bonds is 6. The highest BCUT2D eigenvalue weighted by atomic mass is 35.5. The summed E-state index contributed by atoms with van der Waals surface area (Å²) in [5, 5.41) is 10.6. The summed E-state index contributed by atoms with van der Waals surface area (Å²) in [6.07, 6.45) is 1.35. The van der Waals surface area contributed by atoms with Gasteiger partial charge >= 0.3 is 0 Å². The molecule has 1 saturated carbocycles. The molecule has 0 bridgehead atoms. The van der Waals surface area contributed by atoms with Crippen molar-refractivity contribution in [1.29, 1.82) is 0 Å². The zero-order valence-electron chi connectivity index (χ0n) is 10.6. The maximum Gasteiger partial charge on any atom is 0.273 e. The van der Waals surface area contributed by atoms with Crippen molar-refractivity contribution in [2.45, 2.75) is 37.4 Å². The Labute approximate surface area is 116 Å². The molecular formula is C13H16ClNO4. The van der Waals surface area contributed by atoms with E-state index in [1.54, 1.807) is 12.1 Å². The van der Waals surface area contributed by atoms with E-state index < -0.39 is 4.92 Å². The van der Waals surface area contributed by atoms with Crippen LogP contribution in [0, 0.1) is 10.1 Å². The molecule has 1 aromatic rings. The van der Waals surface area contributed by atoms with E-state index in [-0.39, 0.29) is 23.3 Å². The van der Waals surface area contributed by atoms with E-state index in [0.29, 0.717) is 18.8 Å². The molecule has 2 rings (SSSR count). The predicted molar refractivity (Wildman–Crippen MR) is 71.8 cm³/mol. The number of non-ortho nitro benzene ring substituents is 1. The molecule has 0 amide bonds. The van der Waals surface area contributed by atoms with Crippen LogP contribution in [-0.4, -0.2) is 29.1 Å². The van der Waals surface area contributed by atoms with Crippen LogP contribution in [0.4, 0.5) is 5.69 Å². The largest absolute Gasteiger partial charge is 0.487 e. The third-order valence-electron chi connectivity index (χ3n) is 3.01. The second kappa shape index (κ2) is 6.21. The predicted octanol–water partition coefficient (Wildman–Crippen LogP) is 3.15. The molecule has 0 radical (unpaired) electrons. The Balaban J connectivity index is 1.97. The lowest BCUT2D eigenvalue weighted by Gasteiger charge is -2.40. The molecule has 19 heavy (non-hydrogen) atoms. The zero-order valence-corrected chi connectivity index (χ0v) is 11.4. The monoisotopic (exact) mass is 285 g/mol. The number of alkyl halides is 1. The summed E-state index contributed by atoms with van der Waals surface area (Å²) in [6.45, 7) is 2.67. The van der Waals surface area contributed by atoms with Gasteiger partial charge in [-0.3, -0.25) is 10.1 Å². The average molecular weight is 286 g/mol. The second-order valence-corrected chi connectivity index (χ2v) is 5.06. The molecule has 1 aliphatic carbocycles. The molecule has 6 heteroatoms. The van der Waals surface area contributed by atoms with Crippen LogP contribution < -0.4 is 4.74 Å². The van der Waals surface area contributed by atoms with Crippen LogP contribution in [0.5, 0.6) is 5.75 Å². The van der Waals surface area contributed by atoms with Crippen LogP contribution in [0.25, 0.3) is 0 Å². The molecule has 104 valence electrons. The van der Waals surface area contributed by atoms with Gasteiger partial charge < -0.3 is 9.47 Å². The Kier molecular flexibility index (Phi) is 4.61. The normalized spacial score (nSPS) is 25.7. The van der Waals surface area contributed by atoms with Gasteiger partial charge in [0.2, 0.25) is 0 Å². The Hall–Kier alpha value is -1.33. The van der Waals surface area contributed by atoms with Gasteiger partial charge in [0.05, 0.1) is 16.4 Å². The highest BCUT2D eigenvalue weighted by molar-refractivity contribution is 6.21. The van der Waals surface area contributed by atoms with Crippen molar-refractivity contribution in [2.24, 2.45) is 0 Å². The maximum absolute atomic E-state index is 10.7. The van der Waals surface area contributed by atoms with Crippen molar-refractivity contribution in [3.05, 3.63) is 34.4 Å². The topological polar surface area (TPSA) is 61.6 Å². The van der Waals surface area contributed by atoms with Crippen LogP contribution >= 0.6 is 11.6 Å². The van der Waals surface area contributed by atoms with E-state index in [2.05, 4.69) is 0 Å². The quantitative estimate of drug-likeness (QED) is 0.458. The zero-order chi connectivity index (χ0) is 13.8. The number of hydrogen-bond donors (Lipinski definition) is 0. The first-order valence-electron chi connectivity index (χ1n) is 6.28. The van der Waals surface area contributed by atoms with Gasteiger partial charge in [-0.05, 0) is 12.5 Å². The molecule has 0 N–H and O–H groups in total. The lowest BCUT2D eigenvalue weighted by atomic mass is 9.91. The SMILES string of the molecule is CCCOC1C(Cl)CC1Oc1cccc([N+](=O)[O-])c1. The van der Waals surface area contributed by atoms with E-state index in [4.69, 9.17) is 21.1 Å². The van der Waals surface area contributed by atoms with E-state index in [1.165, 1.54) is 12.1 Å². The van der Waals surface area contributed by atoms with Gasteiger partial charge in [-0.25, -0.2) is 0 Å². The molecule has 3 unspecified atom stereocenters. The molecule has 0 spiro atoms. The van der Waals surface area contributed by atoms with E-state index in [1.807, 2.05) is 6.92 Å². The van der Waals surface area contributed by atoms with Gasteiger partial charge in [-0.2, -0.15) is 0 Å². The second-order valence-electron chi connectivity index (χ2n) is 4.50. The number of nitro benzene ring substituents is 1. The van der Waals surface area contributed by atoms with Gasteiger partial charge in [0.15, 0.2) is 0 Å². The van der Waals surface area contributed by atoms with Crippen molar-refractivity contribution in [3.63, 3.8) is 0 Å². The van der Waals surface area contributed by atoms with Crippen molar-refractivity contribution >= 4 is 17.3 Å². The highest BCUT2D eigenvalue weighted by Gasteiger charge is 2.42. The smallest absolute Gasteiger partial charge is 0.273 e. The number of halogens is 1. The Bertz CT molecular complexity index is 454. The van der Waals surface area contributed by atoms with Crippen LogP contribution in [0.3, 0.4) is 0 Å². The first kappa shape index (κ1) is 14.1. The van der Waals surface area contributed by atoms with Crippen molar-refractivity contribution < 1.29 is 14.4 Å². The summed E-state index contributed by atoms with van der Waals surface area (Å²) in [6, 6.07) is 6.15. The lowest BCUT2D eigenvalue weighted by molar-refractivity contribution is -0.385. The minimum atomic E-state index is -0.441. The third-order valence-corrected chi connectivity index (χ3v) is 3.44. The van der Waals surface area contributed by atoms with Gasteiger partial charge in [0, 0.05) is 19.1 Å². The van der Waals surface area contributed by atoms with Crippen LogP contribution in [0.1, 0.15) is 19.8 Å². The molecule has 0 saturated heterocycles. The Morgan fingerprint density at radius 3 is 2.95 bits per heavy atom. The van der Waals surface area contributed by atoms with Gasteiger partial charge in [-0.15, -0.1) is 11.6 Å². The minimum Gasteiger partial charge on any atom is -0.487 e. The fourth-order valence-electron chi connectivity index (χ4n) is 1.95. The van der Waals surface area contributed by atoms with Gasteiger partial charge in [0.25, 0.3) is 5.69 Å². The van der Waals surface area contributed by atoms with Crippen LogP contribution in [-0.2, 0) is 4.74 Å². The van der Waals surface area contributed by atoms with Crippen molar-refractivity contribution in [3.8, 4) is 5.75 Å². The standard InChI is InChI=1S/C13H16ClNO4/c1-2-6-18-13-11(14)8-12(13)19-10-5-3-4-9(7-10)15(16)17/h3-5,7,11-13H,2,6,8H2,1H3. The molecular weight excluding hydrogens is 270 g/mol. The fraction of sp³-hybridized carbons (Fsp3) is 0.538. The third kappa shape index (κ3) is 3.36. The summed E-state index contributed by atoms with van der Waals surface area (Å²) in [7, 11) is 0. The maximum atomic E-state index is 10.7. The lowest BCUT2D eigenvalue weighted by Crippen LogP contribution is -2.52. The Morgan fingerprint density at radius 2 is 2.32 bits per heavy atom. The van der Waals surface area contributed by atoms with E-state index >= 15 is 0 Å². The van der Waals surface area contributed by atoms with Gasteiger partial charge in [-0.1, -0.05) is 13.0 Å². The first-order valence-corrected chi connectivity index (χ1v) is 6.72. The number of nitrogens with zero attached hydrogens (tertiary/aromatic N) is 1. The summed E-state index contributed by atoms with van der Waals surface area (Å²) in [5.41, 5.74) is 0.0188. The summed E-state index contributed by atoms with van der Waals surface area (Å²) < 4.78 is 11.3. The van der Waals surface area contributed by atoms with Crippen molar-refractivity contribution in [1.82, 2.24) is 0 Å². The summed E-state index contributed by atoms with van der Waals surface area (Å²) >= 11 is 6.08. The number of benzene rings is 1. The Morgan fingerprint density at radius 1 is 1.53 bits per heavy atom. The van der Waals surface area contributed by atoms with Gasteiger partial charge in [0.1, 0.15) is 18.0 Å². The number of ether oxygens (including phenoxy) is 2. The van der Waals surface area contributed by atoms with Crippen LogP contribution in [0.2, 0.25) is 0 Å². The average Bonchev–Trinajstić information content (AvgIpc) is 2.39. The van der Waals surface area contributed by atoms with Crippen LogP contribution in [0.15, 0.2) is 24.3 Å². The minimum absolute atomic E-state index is 0.0188. The molecule has 0 heterocycles. The molecule has 1 aromatic carbocycles. The summed E-state index contributed by atoms with van der Waals surface area (Å²) in [4.78, 5) is 10.2. The summed E-state index contributed by atoms with van der Waals surface area (Å²) in [5.74, 6) is 0.480. The van der Waals surface area contributed by atoms with E-state index in [0.717, 1.165) is 6.42 Å². The van der Waals surface area contributed by atoms with Crippen molar-refractivity contribution in [2.75, 3.05) is 6.61 Å². The molecule has 3 atom stereocenters. The molecule has 1 fully saturated rings. The number of nitro groups is 1. The fourth-order valence-corrected chi connectivity index (χ4v) is 2.36. The number of hydrogen-bond acceptors (Lipinski definition) is 4.